The lowest BCUT2D eigenvalue weighted by molar-refractivity contribution is 0.441. The van der Waals surface area contributed by atoms with Crippen LogP contribution in [0.4, 0.5) is 0 Å². The fraction of sp³-hybridized carbons (Fsp3) is 0.400. The SMILES string of the molecule is N#Cc1cnn(CC2CC=CC2)c1. The van der Waals surface area contributed by atoms with Crippen LogP contribution in [0.3, 0.4) is 0 Å². The molecule has 0 aromatic carbocycles. The molecule has 1 aliphatic carbocycles. The Morgan fingerprint density at radius 1 is 1.54 bits per heavy atom. The van der Waals surface area contributed by atoms with Crippen molar-refractivity contribution in [3.8, 4) is 6.07 Å². The molecule has 66 valence electrons. The van der Waals surface area contributed by atoms with Gasteiger partial charge in [-0.1, -0.05) is 12.2 Å². The molecule has 0 radical (unpaired) electrons. The molecule has 0 spiro atoms. The summed E-state index contributed by atoms with van der Waals surface area (Å²) in [5.41, 5.74) is 0.644. The zero-order chi connectivity index (χ0) is 9.10. The molecule has 0 saturated heterocycles. The van der Waals surface area contributed by atoms with Gasteiger partial charge in [0.15, 0.2) is 0 Å². The van der Waals surface area contributed by atoms with Crippen LogP contribution in [-0.4, -0.2) is 9.78 Å². The van der Waals surface area contributed by atoms with E-state index in [-0.39, 0.29) is 0 Å². The molecule has 0 bridgehead atoms. The Labute approximate surface area is 77.3 Å². The summed E-state index contributed by atoms with van der Waals surface area (Å²) in [5, 5.41) is 12.7. The van der Waals surface area contributed by atoms with Crippen molar-refractivity contribution in [3.63, 3.8) is 0 Å². The molecule has 1 aromatic heterocycles. The summed E-state index contributed by atoms with van der Waals surface area (Å²) >= 11 is 0. The van der Waals surface area contributed by atoms with Crippen molar-refractivity contribution in [1.82, 2.24) is 9.78 Å². The number of aromatic nitrogens is 2. The van der Waals surface area contributed by atoms with Crippen LogP contribution in [0.2, 0.25) is 0 Å². The standard InChI is InChI=1S/C10H11N3/c11-5-10-6-12-13(8-10)7-9-3-1-2-4-9/h1-2,6,8-9H,3-4,7H2. The highest BCUT2D eigenvalue weighted by atomic mass is 15.3. The van der Waals surface area contributed by atoms with Gasteiger partial charge in [-0.2, -0.15) is 10.4 Å². The van der Waals surface area contributed by atoms with Gasteiger partial charge in [0.25, 0.3) is 0 Å². The molecule has 1 heterocycles. The molecule has 0 unspecified atom stereocenters. The second-order valence-electron chi connectivity index (χ2n) is 3.37. The first-order valence-electron chi connectivity index (χ1n) is 4.46. The Morgan fingerprint density at radius 2 is 2.31 bits per heavy atom. The molecule has 0 aliphatic heterocycles. The molecule has 0 amide bonds. The number of nitrogens with zero attached hydrogens (tertiary/aromatic N) is 3. The minimum absolute atomic E-state index is 0.644. The van der Waals surface area contributed by atoms with Gasteiger partial charge < -0.3 is 0 Å². The van der Waals surface area contributed by atoms with Crippen molar-refractivity contribution < 1.29 is 0 Å². The van der Waals surface area contributed by atoms with Crippen molar-refractivity contribution in [3.05, 3.63) is 30.1 Å². The lowest BCUT2D eigenvalue weighted by Crippen LogP contribution is -2.07. The molecule has 0 saturated carbocycles. The van der Waals surface area contributed by atoms with Crippen LogP contribution in [0.1, 0.15) is 18.4 Å². The van der Waals surface area contributed by atoms with Crippen molar-refractivity contribution >= 4 is 0 Å². The lowest BCUT2D eigenvalue weighted by Gasteiger charge is -2.07. The van der Waals surface area contributed by atoms with E-state index in [1.807, 2.05) is 4.68 Å². The molecule has 0 atom stereocenters. The summed E-state index contributed by atoms with van der Waals surface area (Å²) in [4.78, 5) is 0. The average molecular weight is 173 g/mol. The first-order valence-corrected chi connectivity index (χ1v) is 4.46. The highest BCUT2D eigenvalue weighted by Gasteiger charge is 2.11. The number of rotatable bonds is 2. The van der Waals surface area contributed by atoms with E-state index in [9.17, 15) is 0 Å². The van der Waals surface area contributed by atoms with Crippen molar-refractivity contribution in [2.45, 2.75) is 19.4 Å². The van der Waals surface area contributed by atoms with E-state index in [0.717, 1.165) is 19.4 Å². The van der Waals surface area contributed by atoms with E-state index < -0.39 is 0 Å². The van der Waals surface area contributed by atoms with Gasteiger partial charge in [-0.05, 0) is 18.8 Å². The van der Waals surface area contributed by atoms with Gasteiger partial charge in [0, 0.05) is 12.7 Å². The molecule has 3 nitrogen and oxygen atoms in total. The lowest BCUT2D eigenvalue weighted by atomic mass is 10.1. The number of allylic oxidation sites excluding steroid dienone is 2. The van der Waals surface area contributed by atoms with Crippen LogP contribution in [0, 0.1) is 17.2 Å². The maximum atomic E-state index is 8.60. The van der Waals surface area contributed by atoms with Crippen LogP contribution in [0.25, 0.3) is 0 Å². The van der Waals surface area contributed by atoms with Gasteiger partial charge in [-0.3, -0.25) is 4.68 Å². The predicted octanol–water partition coefficient (Wildman–Crippen LogP) is 1.72. The summed E-state index contributed by atoms with van der Waals surface area (Å²) in [6, 6.07) is 2.07. The third-order valence-electron chi connectivity index (χ3n) is 2.31. The Kier molecular flexibility index (Phi) is 2.13. The number of hydrogen-bond acceptors (Lipinski definition) is 2. The molecule has 13 heavy (non-hydrogen) atoms. The van der Waals surface area contributed by atoms with Crippen molar-refractivity contribution in [2.75, 3.05) is 0 Å². The summed E-state index contributed by atoms with van der Waals surface area (Å²) in [7, 11) is 0. The fourth-order valence-corrected chi connectivity index (χ4v) is 1.61. The van der Waals surface area contributed by atoms with Crippen LogP contribution in [0.5, 0.6) is 0 Å². The van der Waals surface area contributed by atoms with Crippen LogP contribution in [-0.2, 0) is 6.54 Å². The normalized spacial score (nSPS) is 16.2. The van der Waals surface area contributed by atoms with Crippen molar-refractivity contribution in [1.29, 1.82) is 5.26 Å². The van der Waals surface area contributed by atoms with Crippen LogP contribution in [0.15, 0.2) is 24.5 Å². The monoisotopic (exact) mass is 173 g/mol. The Morgan fingerprint density at radius 3 is 2.92 bits per heavy atom. The summed E-state index contributed by atoms with van der Waals surface area (Å²) in [6.45, 7) is 0.925. The van der Waals surface area contributed by atoms with Gasteiger partial charge in [0.05, 0.1) is 11.8 Å². The molecule has 1 aliphatic rings. The molecule has 3 heteroatoms. The van der Waals surface area contributed by atoms with E-state index in [1.54, 1.807) is 12.4 Å². The minimum atomic E-state index is 0.644. The maximum Gasteiger partial charge on any atom is 0.102 e. The second kappa shape index (κ2) is 3.44. The van der Waals surface area contributed by atoms with E-state index in [0.29, 0.717) is 11.5 Å². The third kappa shape index (κ3) is 1.78. The van der Waals surface area contributed by atoms with E-state index in [4.69, 9.17) is 5.26 Å². The average Bonchev–Trinajstić information content (AvgIpc) is 2.76. The largest absolute Gasteiger partial charge is 0.271 e. The highest BCUT2D eigenvalue weighted by molar-refractivity contribution is 5.21. The van der Waals surface area contributed by atoms with E-state index in [1.165, 1.54) is 0 Å². The highest BCUT2D eigenvalue weighted by Crippen LogP contribution is 2.19. The minimum Gasteiger partial charge on any atom is -0.271 e. The summed E-state index contributed by atoms with van der Waals surface area (Å²) < 4.78 is 1.86. The van der Waals surface area contributed by atoms with Gasteiger partial charge in [0.1, 0.15) is 6.07 Å². The first kappa shape index (κ1) is 8.06. The third-order valence-corrected chi connectivity index (χ3v) is 2.31. The van der Waals surface area contributed by atoms with Gasteiger partial charge in [-0.25, -0.2) is 0 Å². The van der Waals surface area contributed by atoms with Gasteiger partial charge in [-0.15, -0.1) is 0 Å². The Balaban J connectivity index is 1.98. The molecule has 0 N–H and O–H groups in total. The topological polar surface area (TPSA) is 41.6 Å². The molecule has 2 rings (SSSR count). The van der Waals surface area contributed by atoms with Crippen LogP contribution >= 0.6 is 0 Å². The predicted molar refractivity (Wildman–Crippen MR) is 48.8 cm³/mol. The van der Waals surface area contributed by atoms with Gasteiger partial charge >= 0.3 is 0 Å². The molecule has 0 fully saturated rings. The molecular weight excluding hydrogens is 162 g/mol. The van der Waals surface area contributed by atoms with E-state index >= 15 is 0 Å². The molecular formula is C10H11N3. The number of hydrogen-bond donors (Lipinski definition) is 0. The van der Waals surface area contributed by atoms with Crippen LogP contribution < -0.4 is 0 Å². The zero-order valence-electron chi connectivity index (χ0n) is 7.35. The van der Waals surface area contributed by atoms with Gasteiger partial charge in [0.2, 0.25) is 0 Å². The smallest absolute Gasteiger partial charge is 0.102 e. The number of nitriles is 1. The summed E-state index contributed by atoms with van der Waals surface area (Å²) in [5.74, 6) is 0.673. The fourth-order valence-electron chi connectivity index (χ4n) is 1.61. The molecule has 1 aromatic rings. The maximum absolute atomic E-state index is 8.60. The van der Waals surface area contributed by atoms with Crippen molar-refractivity contribution in [2.24, 2.45) is 5.92 Å². The zero-order valence-corrected chi connectivity index (χ0v) is 7.35. The second-order valence-corrected chi connectivity index (χ2v) is 3.37. The summed E-state index contributed by atoms with van der Waals surface area (Å²) in [6.07, 6.45) is 10.1. The quantitative estimate of drug-likeness (QED) is 0.639. The Hall–Kier alpha value is -1.56. The first-order chi connectivity index (χ1) is 6.38. The van der Waals surface area contributed by atoms with E-state index in [2.05, 4.69) is 23.3 Å². The Bertz CT molecular complexity index is 348.